The van der Waals surface area contributed by atoms with Gasteiger partial charge < -0.3 is 10.6 Å². The maximum Gasteiger partial charge on any atom is 0.227 e. The van der Waals surface area contributed by atoms with Crippen LogP contribution in [-0.4, -0.2) is 12.5 Å². The van der Waals surface area contributed by atoms with E-state index in [-0.39, 0.29) is 5.91 Å². The average Bonchev–Trinajstić information content (AvgIpc) is 2.58. The minimum atomic E-state index is 0.224. The zero-order chi connectivity index (χ0) is 11.0. The Kier molecular flexibility index (Phi) is 2.39. The molecule has 1 aromatic carbocycles. The number of amides is 1. The monoisotopic (exact) mass is 204 g/mol. The summed E-state index contributed by atoms with van der Waals surface area (Å²) in [4.78, 5) is 13.5. The number of nitrogen functional groups attached to an aromatic ring is 1. The van der Waals surface area contributed by atoms with Gasteiger partial charge in [-0.05, 0) is 43.5 Å². The molecule has 0 unspecified atom stereocenters. The van der Waals surface area contributed by atoms with Crippen molar-refractivity contribution in [2.24, 2.45) is 0 Å². The van der Waals surface area contributed by atoms with Crippen molar-refractivity contribution >= 4 is 17.3 Å². The molecule has 0 atom stereocenters. The largest absolute Gasteiger partial charge is 0.399 e. The van der Waals surface area contributed by atoms with Crippen LogP contribution in [0.5, 0.6) is 0 Å². The summed E-state index contributed by atoms with van der Waals surface area (Å²) in [7, 11) is 0. The third-order valence-corrected chi connectivity index (χ3v) is 2.95. The number of carbonyl (C=O) groups is 1. The molecule has 1 aliphatic rings. The first kappa shape index (κ1) is 10.0. The van der Waals surface area contributed by atoms with Crippen molar-refractivity contribution in [3.8, 4) is 0 Å². The minimum Gasteiger partial charge on any atom is -0.399 e. The predicted octanol–water partition coefficient (Wildman–Crippen LogP) is 2.01. The Morgan fingerprint density at radius 1 is 1.27 bits per heavy atom. The third kappa shape index (κ3) is 1.69. The minimum absolute atomic E-state index is 0.224. The van der Waals surface area contributed by atoms with Gasteiger partial charge in [0.25, 0.3) is 0 Å². The average molecular weight is 204 g/mol. The number of carbonyl (C=O) groups excluding carboxylic acids is 1. The normalized spacial score (nSPS) is 16.1. The molecule has 0 saturated carbocycles. The van der Waals surface area contributed by atoms with Gasteiger partial charge >= 0.3 is 0 Å². The van der Waals surface area contributed by atoms with Crippen LogP contribution >= 0.6 is 0 Å². The fourth-order valence-corrected chi connectivity index (χ4v) is 2.02. The molecule has 1 amide bonds. The van der Waals surface area contributed by atoms with E-state index in [1.807, 2.05) is 30.9 Å². The Morgan fingerprint density at radius 3 is 2.60 bits per heavy atom. The quantitative estimate of drug-likeness (QED) is 0.711. The zero-order valence-electron chi connectivity index (χ0n) is 9.21. The first-order valence-electron chi connectivity index (χ1n) is 5.26. The molecule has 0 radical (unpaired) electrons. The summed E-state index contributed by atoms with van der Waals surface area (Å²) in [5.74, 6) is 0.224. The van der Waals surface area contributed by atoms with E-state index in [0.29, 0.717) is 6.42 Å². The molecule has 3 heteroatoms. The molecule has 0 spiro atoms. The lowest BCUT2D eigenvalue weighted by Crippen LogP contribution is -2.24. The third-order valence-electron chi connectivity index (χ3n) is 2.95. The van der Waals surface area contributed by atoms with Gasteiger partial charge in [-0.15, -0.1) is 0 Å². The van der Waals surface area contributed by atoms with E-state index < -0.39 is 0 Å². The summed E-state index contributed by atoms with van der Waals surface area (Å²) in [5, 5.41) is 0. The Hall–Kier alpha value is -1.51. The molecule has 1 saturated heterocycles. The van der Waals surface area contributed by atoms with Crippen molar-refractivity contribution in [3.05, 3.63) is 23.3 Å². The molecule has 3 nitrogen and oxygen atoms in total. The van der Waals surface area contributed by atoms with Crippen LogP contribution in [0.4, 0.5) is 11.4 Å². The van der Waals surface area contributed by atoms with Crippen molar-refractivity contribution in [1.82, 2.24) is 0 Å². The van der Waals surface area contributed by atoms with Crippen molar-refractivity contribution in [2.45, 2.75) is 26.7 Å². The fraction of sp³-hybridized carbons (Fsp3) is 0.417. The van der Waals surface area contributed by atoms with Gasteiger partial charge in [-0.2, -0.15) is 0 Å². The Morgan fingerprint density at radius 2 is 2.00 bits per heavy atom. The molecule has 0 bridgehead atoms. The van der Waals surface area contributed by atoms with Gasteiger partial charge in [-0.25, -0.2) is 0 Å². The number of aryl methyl sites for hydroxylation is 2. The van der Waals surface area contributed by atoms with Crippen LogP contribution < -0.4 is 10.6 Å². The highest BCUT2D eigenvalue weighted by Gasteiger charge is 2.23. The highest BCUT2D eigenvalue weighted by molar-refractivity contribution is 5.96. The predicted molar refractivity (Wildman–Crippen MR) is 61.9 cm³/mol. The van der Waals surface area contributed by atoms with Crippen molar-refractivity contribution in [3.63, 3.8) is 0 Å². The molecule has 80 valence electrons. The summed E-state index contributed by atoms with van der Waals surface area (Å²) in [6.45, 7) is 4.80. The SMILES string of the molecule is Cc1cc(N2CCCC2=O)c(C)cc1N. The van der Waals surface area contributed by atoms with Crippen LogP contribution in [0.25, 0.3) is 0 Å². The van der Waals surface area contributed by atoms with Crippen LogP contribution in [0.15, 0.2) is 12.1 Å². The molecule has 0 aromatic heterocycles. The van der Waals surface area contributed by atoms with Crippen molar-refractivity contribution in [2.75, 3.05) is 17.2 Å². The summed E-state index contributed by atoms with van der Waals surface area (Å²) < 4.78 is 0. The van der Waals surface area contributed by atoms with E-state index in [9.17, 15) is 4.79 Å². The van der Waals surface area contributed by atoms with E-state index in [4.69, 9.17) is 5.73 Å². The van der Waals surface area contributed by atoms with Crippen molar-refractivity contribution in [1.29, 1.82) is 0 Å². The number of nitrogens with two attached hydrogens (primary N) is 1. The molecule has 1 aromatic rings. The van der Waals surface area contributed by atoms with Crippen LogP contribution in [0.1, 0.15) is 24.0 Å². The molecular weight excluding hydrogens is 188 g/mol. The first-order valence-corrected chi connectivity index (χ1v) is 5.26. The van der Waals surface area contributed by atoms with E-state index in [1.54, 1.807) is 0 Å². The van der Waals surface area contributed by atoms with Crippen LogP contribution in [-0.2, 0) is 4.79 Å². The van der Waals surface area contributed by atoms with E-state index in [1.165, 1.54) is 0 Å². The van der Waals surface area contributed by atoms with E-state index in [2.05, 4.69) is 0 Å². The molecule has 1 aliphatic heterocycles. The summed E-state index contributed by atoms with van der Waals surface area (Å²) >= 11 is 0. The topological polar surface area (TPSA) is 46.3 Å². The summed E-state index contributed by atoms with van der Waals surface area (Å²) in [6.07, 6.45) is 1.63. The Balaban J connectivity index is 2.43. The zero-order valence-corrected chi connectivity index (χ0v) is 9.21. The molecular formula is C12H16N2O. The maximum absolute atomic E-state index is 11.6. The van der Waals surface area contributed by atoms with E-state index in [0.717, 1.165) is 35.5 Å². The smallest absolute Gasteiger partial charge is 0.227 e. The van der Waals surface area contributed by atoms with Gasteiger partial charge in [0, 0.05) is 24.3 Å². The number of anilines is 2. The lowest BCUT2D eigenvalue weighted by atomic mass is 10.1. The number of benzene rings is 1. The van der Waals surface area contributed by atoms with Gasteiger partial charge in [0.05, 0.1) is 0 Å². The number of hydrogen-bond acceptors (Lipinski definition) is 2. The van der Waals surface area contributed by atoms with Crippen molar-refractivity contribution < 1.29 is 4.79 Å². The summed E-state index contributed by atoms with van der Waals surface area (Å²) in [5.41, 5.74) is 9.75. The Bertz CT molecular complexity index is 412. The van der Waals surface area contributed by atoms with Gasteiger partial charge in [0.15, 0.2) is 0 Å². The molecule has 0 aliphatic carbocycles. The van der Waals surface area contributed by atoms with Crippen LogP contribution in [0, 0.1) is 13.8 Å². The molecule has 2 N–H and O–H groups in total. The second-order valence-corrected chi connectivity index (χ2v) is 4.14. The molecule has 1 heterocycles. The fourth-order valence-electron chi connectivity index (χ4n) is 2.02. The lowest BCUT2D eigenvalue weighted by molar-refractivity contribution is -0.117. The molecule has 15 heavy (non-hydrogen) atoms. The van der Waals surface area contributed by atoms with E-state index >= 15 is 0 Å². The van der Waals surface area contributed by atoms with Gasteiger partial charge in [-0.3, -0.25) is 4.79 Å². The summed E-state index contributed by atoms with van der Waals surface area (Å²) in [6, 6.07) is 3.95. The lowest BCUT2D eigenvalue weighted by Gasteiger charge is -2.19. The number of rotatable bonds is 1. The number of hydrogen-bond donors (Lipinski definition) is 1. The second kappa shape index (κ2) is 3.57. The Labute approximate surface area is 89.9 Å². The van der Waals surface area contributed by atoms with Gasteiger partial charge in [0.1, 0.15) is 0 Å². The molecule has 2 rings (SSSR count). The van der Waals surface area contributed by atoms with Crippen LogP contribution in [0.2, 0.25) is 0 Å². The van der Waals surface area contributed by atoms with Gasteiger partial charge in [-0.1, -0.05) is 0 Å². The first-order chi connectivity index (χ1) is 7.09. The standard InChI is InChI=1S/C12H16N2O/c1-8-7-11(9(2)6-10(8)13)14-5-3-4-12(14)15/h6-7H,3-5,13H2,1-2H3. The highest BCUT2D eigenvalue weighted by Crippen LogP contribution is 2.28. The second-order valence-electron chi connectivity index (χ2n) is 4.14. The maximum atomic E-state index is 11.6. The molecule has 1 fully saturated rings. The van der Waals surface area contributed by atoms with Crippen LogP contribution in [0.3, 0.4) is 0 Å². The van der Waals surface area contributed by atoms with Gasteiger partial charge in [0.2, 0.25) is 5.91 Å². The highest BCUT2D eigenvalue weighted by atomic mass is 16.2. The number of nitrogens with zero attached hydrogens (tertiary/aromatic N) is 1.